The van der Waals surface area contributed by atoms with E-state index in [1.807, 2.05) is 30.3 Å². The molecule has 4 nitrogen and oxygen atoms in total. The van der Waals surface area contributed by atoms with Crippen molar-refractivity contribution in [1.82, 2.24) is 5.32 Å². The second kappa shape index (κ2) is 6.36. The Balaban J connectivity index is 2.93. The van der Waals surface area contributed by atoms with Crippen LogP contribution in [0.3, 0.4) is 0 Å². The van der Waals surface area contributed by atoms with Crippen LogP contribution in [0.4, 0.5) is 10.5 Å². The summed E-state index contributed by atoms with van der Waals surface area (Å²) >= 11 is 17.6. The van der Waals surface area contributed by atoms with Crippen LogP contribution >= 0.6 is 34.8 Å². The number of carbonyl (C=O) groups excluding carboxylic acids is 1. The van der Waals surface area contributed by atoms with Gasteiger partial charge in [-0.15, -0.1) is 0 Å². The molecular formula is C11H13Cl3N2O2. The van der Waals surface area contributed by atoms with Crippen LogP contribution in [0.5, 0.6) is 0 Å². The predicted molar refractivity (Wildman–Crippen MR) is 74.5 cm³/mol. The lowest BCUT2D eigenvalue weighted by molar-refractivity contribution is 0.166. The third-order valence-corrected chi connectivity index (χ3v) is 2.92. The quantitative estimate of drug-likeness (QED) is 0.688. The number of alkyl halides is 3. The third kappa shape index (κ3) is 4.12. The van der Waals surface area contributed by atoms with E-state index in [9.17, 15) is 4.79 Å². The van der Waals surface area contributed by atoms with Gasteiger partial charge in [0.15, 0.2) is 6.17 Å². The molecule has 0 saturated heterocycles. The van der Waals surface area contributed by atoms with Gasteiger partial charge in [0.1, 0.15) is 0 Å². The van der Waals surface area contributed by atoms with Crippen molar-refractivity contribution in [3.8, 4) is 0 Å². The Morgan fingerprint density at radius 1 is 1.33 bits per heavy atom. The maximum Gasteiger partial charge on any atom is 0.408 e. The first kappa shape index (κ1) is 15.2. The molecule has 0 fully saturated rings. The molecule has 1 N–H and O–H groups in total. The maximum absolute atomic E-state index is 11.3. The number of alkyl carbamates (subject to hydrolysis) is 1. The SMILES string of the molecule is COC(=O)NC(N(C)c1ccccc1)C(Cl)(Cl)Cl. The Morgan fingerprint density at radius 3 is 2.33 bits per heavy atom. The van der Waals surface area contributed by atoms with E-state index in [0.29, 0.717) is 0 Å². The van der Waals surface area contributed by atoms with Gasteiger partial charge in [-0.3, -0.25) is 5.32 Å². The number of rotatable bonds is 3. The van der Waals surface area contributed by atoms with Crippen LogP contribution in [0.15, 0.2) is 30.3 Å². The largest absolute Gasteiger partial charge is 0.453 e. The van der Waals surface area contributed by atoms with Crippen LogP contribution in [0, 0.1) is 0 Å². The molecule has 0 aromatic heterocycles. The summed E-state index contributed by atoms with van der Waals surface area (Å²) in [5.41, 5.74) is 0.797. The average molecular weight is 312 g/mol. The van der Waals surface area contributed by atoms with Crippen molar-refractivity contribution in [2.45, 2.75) is 9.96 Å². The van der Waals surface area contributed by atoms with E-state index in [1.54, 1.807) is 11.9 Å². The molecule has 1 atom stereocenters. The van der Waals surface area contributed by atoms with Gasteiger partial charge in [0.25, 0.3) is 0 Å². The summed E-state index contributed by atoms with van der Waals surface area (Å²) in [5, 5.41) is 2.47. The van der Waals surface area contributed by atoms with Gasteiger partial charge in [0, 0.05) is 12.7 Å². The van der Waals surface area contributed by atoms with Crippen LogP contribution in [-0.2, 0) is 4.74 Å². The highest BCUT2D eigenvalue weighted by Gasteiger charge is 2.37. The Bertz CT molecular complexity index is 395. The van der Waals surface area contributed by atoms with Crippen molar-refractivity contribution in [3.63, 3.8) is 0 Å². The topological polar surface area (TPSA) is 41.6 Å². The van der Waals surface area contributed by atoms with Crippen LogP contribution in [-0.4, -0.2) is 30.2 Å². The van der Waals surface area contributed by atoms with Crippen LogP contribution < -0.4 is 10.2 Å². The standard InChI is InChI=1S/C11H13Cl3N2O2/c1-16(8-6-4-3-5-7-8)9(11(12,13)14)15-10(17)18-2/h3-7,9H,1-2H3,(H,15,17). The molecule has 7 heteroatoms. The minimum absolute atomic E-state index is 0.672. The fourth-order valence-electron chi connectivity index (χ4n) is 1.38. The van der Waals surface area contributed by atoms with E-state index >= 15 is 0 Å². The Hall–Kier alpha value is -0.840. The number of ether oxygens (including phenoxy) is 1. The van der Waals surface area contributed by atoms with E-state index in [2.05, 4.69) is 10.1 Å². The highest BCUT2D eigenvalue weighted by Crippen LogP contribution is 2.33. The molecule has 0 saturated carbocycles. The van der Waals surface area contributed by atoms with E-state index in [0.717, 1.165) is 5.69 Å². The fourth-order valence-corrected chi connectivity index (χ4v) is 1.98. The van der Waals surface area contributed by atoms with Crippen molar-refractivity contribution < 1.29 is 9.53 Å². The molecule has 1 unspecified atom stereocenters. The molecule has 0 aliphatic carbocycles. The number of anilines is 1. The Morgan fingerprint density at radius 2 is 1.89 bits per heavy atom. The molecule has 0 heterocycles. The van der Waals surface area contributed by atoms with Crippen LogP contribution in [0.1, 0.15) is 0 Å². The van der Waals surface area contributed by atoms with E-state index < -0.39 is 16.1 Å². The lowest BCUT2D eigenvalue weighted by Crippen LogP contribution is -2.54. The summed E-state index contributed by atoms with van der Waals surface area (Å²) < 4.78 is 2.81. The predicted octanol–water partition coefficient (Wildman–Crippen LogP) is 3.18. The lowest BCUT2D eigenvalue weighted by Gasteiger charge is -2.34. The number of hydrogen-bond donors (Lipinski definition) is 1. The number of carbonyl (C=O) groups is 1. The molecule has 0 aliphatic heterocycles. The third-order valence-electron chi connectivity index (χ3n) is 2.30. The number of nitrogens with zero attached hydrogens (tertiary/aromatic N) is 1. The number of amides is 1. The Kier molecular flexibility index (Phi) is 5.38. The van der Waals surface area contributed by atoms with Crippen molar-refractivity contribution in [1.29, 1.82) is 0 Å². The van der Waals surface area contributed by atoms with Gasteiger partial charge in [0.2, 0.25) is 3.79 Å². The number of para-hydroxylation sites is 1. The van der Waals surface area contributed by atoms with E-state index in [-0.39, 0.29) is 0 Å². The summed E-state index contributed by atoms with van der Waals surface area (Å²) in [6.07, 6.45) is -1.52. The summed E-state index contributed by atoms with van der Waals surface area (Å²) in [6, 6.07) is 9.24. The van der Waals surface area contributed by atoms with Gasteiger partial charge in [-0.05, 0) is 12.1 Å². The summed E-state index contributed by atoms with van der Waals surface area (Å²) in [6.45, 7) is 0. The number of halogens is 3. The highest BCUT2D eigenvalue weighted by molar-refractivity contribution is 6.68. The first-order chi connectivity index (χ1) is 8.36. The second-order valence-corrected chi connectivity index (χ2v) is 5.90. The second-order valence-electron chi connectivity index (χ2n) is 3.53. The molecule has 1 rings (SSSR count). The van der Waals surface area contributed by atoms with Gasteiger partial charge in [-0.25, -0.2) is 4.79 Å². The average Bonchev–Trinajstić information content (AvgIpc) is 2.34. The first-order valence-corrected chi connectivity index (χ1v) is 6.18. The molecule has 1 amide bonds. The number of benzene rings is 1. The lowest BCUT2D eigenvalue weighted by atomic mass is 10.3. The fraction of sp³-hybridized carbons (Fsp3) is 0.364. The normalized spacial score (nSPS) is 12.7. The van der Waals surface area contributed by atoms with Crippen molar-refractivity contribution in [2.75, 3.05) is 19.1 Å². The van der Waals surface area contributed by atoms with Crippen molar-refractivity contribution in [3.05, 3.63) is 30.3 Å². The molecule has 1 aromatic carbocycles. The molecule has 0 aliphatic rings. The molecular weight excluding hydrogens is 298 g/mol. The minimum atomic E-state index is -1.70. The summed E-state index contributed by atoms with van der Waals surface area (Å²) in [5.74, 6) is 0. The number of hydrogen-bond acceptors (Lipinski definition) is 3. The molecule has 100 valence electrons. The zero-order valence-corrected chi connectivity index (χ0v) is 12.1. The van der Waals surface area contributed by atoms with Crippen LogP contribution in [0.2, 0.25) is 0 Å². The van der Waals surface area contributed by atoms with Gasteiger partial charge >= 0.3 is 6.09 Å². The maximum atomic E-state index is 11.3. The zero-order chi connectivity index (χ0) is 13.8. The molecule has 0 radical (unpaired) electrons. The highest BCUT2D eigenvalue weighted by atomic mass is 35.6. The Labute approximate surface area is 121 Å². The zero-order valence-electron chi connectivity index (χ0n) is 9.86. The number of methoxy groups -OCH3 is 1. The van der Waals surface area contributed by atoms with Gasteiger partial charge in [-0.2, -0.15) is 0 Å². The van der Waals surface area contributed by atoms with Crippen LogP contribution in [0.25, 0.3) is 0 Å². The monoisotopic (exact) mass is 310 g/mol. The summed E-state index contributed by atoms with van der Waals surface area (Å²) in [7, 11) is 2.95. The van der Waals surface area contributed by atoms with Gasteiger partial charge in [-0.1, -0.05) is 53.0 Å². The molecule has 0 bridgehead atoms. The van der Waals surface area contributed by atoms with E-state index in [4.69, 9.17) is 34.8 Å². The smallest absolute Gasteiger partial charge is 0.408 e. The number of nitrogens with one attached hydrogen (secondary N) is 1. The van der Waals surface area contributed by atoms with E-state index in [1.165, 1.54) is 7.11 Å². The molecule has 18 heavy (non-hydrogen) atoms. The van der Waals surface area contributed by atoms with Crippen molar-refractivity contribution in [2.24, 2.45) is 0 Å². The van der Waals surface area contributed by atoms with Gasteiger partial charge < -0.3 is 9.64 Å². The first-order valence-electron chi connectivity index (χ1n) is 5.05. The molecule has 0 spiro atoms. The summed E-state index contributed by atoms with van der Waals surface area (Å²) in [4.78, 5) is 12.9. The minimum Gasteiger partial charge on any atom is -0.453 e. The van der Waals surface area contributed by atoms with Crippen molar-refractivity contribution >= 4 is 46.6 Å². The van der Waals surface area contributed by atoms with Gasteiger partial charge in [0.05, 0.1) is 7.11 Å². The molecule has 1 aromatic rings.